The van der Waals surface area contributed by atoms with Crippen LogP contribution in [0, 0.1) is 0 Å². The lowest BCUT2D eigenvalue weighted by Gasteiger charge is -2.14. The molecule has 0 bridgehead atoms. The predicted molar refractivity (Wildman–Crippen MR) is 133 cm³/mol. The summed E-state index contributed by atoms with van der Waals surface area (Å²) in [7, 11) is 1.91. The molecule has 7 heteroatoms. The van der Waals surface area contributed by atoms with Gasteiger partial charge in [0.25, 0.3) is 5.91 Å². The van der Waals surface area contributed by atoms with Crippen LogP contribution in [0.3, 0.4) is 0 Å². The zero-order valence-electron chi connectivity index (χ0n) is 19.5. The van der Waals surface area contributed by atoms with Gasteiger partial charge in [0.05, 0.1) is 17.4 Å². The summed E-state index contributed by atoms with van der Waals surface area (Å²) in [4.78, 5) is 17.3. The molecule has 1 unspecified atom stereocenters. The number of nitrogens with one attached hydrogen (secondary N) is 2. The maximum absolute atomic E-state index is 12.8. The molecule has 1 aliphatic rings. The van der Waals surface area contributed by atoms with Gasteiger partial charge in [-0.1, -0.05) is 13.0 Å². The summed E-state index contributed by atoms with van der Waals surface area (Å²) in [5.74, 6) is 1.43. The van der Waals surface area contributed by atoms with E-state index < -0.39 is 0 Å². The van der Waals surface area contributed by atoms with E-state index in [1.165, 1.54) is 6.42 Å². The van der Waals surface area contributed by atoms with Crippen molar-refractivity contribution in [2.24, 2.45) is 7.05 Å². The second-order valence-electron chi connectivity index (χ2n) is 8.70. The first-order valence-electron chi connectivity index (χ1n) is 11.8. The Hall–Kier alpha value is -3.71. The highest BCUT2D eigenvalue weighted by Gasteiger charge is 2.17. The van der Waals surface area contributed by atoms with Crippen LogP contribution >= 0.6 is 0 Å². The van der Waals surface area contributed by atoms with E-state index in [-0.39, 0.29) is 5.91 Å². The maximum atomic E-state index is 12.8. The van der Waals surface area contributed by atoms with Gasteiger partial charge >= 0.3 is 0 Å². The normalized spacial score (nSPS) is 15.5. The summed E-state index contributed by atoms with van der Waals surface area (Å²) in [5, 5.41) is 11.9. The lowest BCUT2D eigenvalue weighted by molar-refractivity contribution is 0.0949. The first kappa shape index (κ1) is 22.1. The van der Waals surface area contributed by atoms with E-state index in [1.807, 2.05) is 60.4 Å². The molecular weight excluding hydrogens is 426 g/mol. The van der Waals surface area contributed by atoms with E-state index in [0.717, 1.165) is 58.4 Å². The van der Waals surface area contributed by atoms with Crippen LogP contribution in [0.25, 0.3) is 22.2 Å². The number of benzene rings is 2. The van der Waals surface area contributed by atoms with Crippen LogP contribution in [0.4, 0.5) is 0 Å². The van der Waals surface area contributed by atoms with Crippen molar-refractivity contribution >= 4 is 16.8 Å². The first-order chi connectivity index (χ1) is 16.6. The van der Waals surface area contributed by atoms with Gasteiger partial charge in [-0.2, -0.15) is 5.10 Å². The van der Waals surface area contributed by atoms with Gasteiger partial charge in [-0.25, -0.2) is 0 Å². The number of fused-ring (bicyclic) bond motifs is 1. The minimum absolute atomic E-state index is 0.0206. The molecule has 2 aromatic heterocycles. The van der Waals surface area contributed by atoms with E-state index in [2.05, 4.69) is 33.7 Å². The summed E-state index contributed by atoms with van der Waals surface area (Å²) in [6.45, 7) is 3.76. The molecule has 1 amide bonds. The Morgan fingerprint density at radius 3 is 2.88 bits per heavy atom. The van der Waals surface area contributed by atoms with Crippen LogP contribution in [0.1, 0.15) is 35.7 Å². The quantitative estimate of drug-likeness (QED) is 0.430. The number of ether oxygens (including phenoxy) is 1. The molecule has 7 nitrogen and oxygen atoms in total. The Kier molecular flexibility index (Phi) is 6.27. The third-order valence-corrected chi connectivity index (χ3v) is 6.39. The molecule has 0 aliphatic carbocycles. The lowest BCUT2D eigenvalue weighted by atomic mass is 9.99. The topological polar surface area (TPSA) is 81.1 Å². The summed E-state index contributed by atoms with van der Waals surface area (Å²) in [6.07, 6.45) is 6.63. The number of carbonyl (C=O) groups is 1. The Morgan fingerprint density at radius 2 is 2.06 bits per heavy atom. The van der Waals surface area contributed by atoms with Crippen molar-refractivity contribution in [1.82, 2.24) is 25.4 Å². The van der Waals surface area contributed by atoms with Crippen LogP contribution in [0.15, 0.2) is 60.9 Å². The molecule has 0 spiro atoms. The van der Waals surface area contributed by atoms with Crippen molar-refractivity contribution in [1.29, 1.82) is 0 Å². The molecule has 4 aromatic rings. The molecule has 1 fully saturated rings. The smallest absolute Gasteiger partial charge is 0.251 e. The Morgan fingerprint density at radius 1 is 1.18 bits per heavy atom. The van der Waals surface area contributed by atoms with Crippen molar-refractivity contribution in [3.63, 3.8) is 0 Å². The van der Waals surface area contributed by atoms with Gasteiger partial charge in [0.1, 0.15) is 11.5 Å². The molecule has 5 rings (SSSR count). The Balaban J connectivity index is 1.34. The fourth-order valence-corrected chi connectivity index (χ4v) is 4.47. The molecule has 1 aliphatic heterocycles. The van der Waals surface area contributed by atoms with Crippen molar-refractivity contribution in [2.75, 3.05) is 13.1 Å². The second kappa shape index (κ2) is 9.65. The van der Waals surface area contributed by atoms with Crippen LogP contribution in [0.5, 0.6) is 11.5 Å². The van der Waals surface area contributed by atoms with E-state index >= 15 is 0 Å². The van der Waals surface area contributed by atoms with Crippen molar-refractivity contribution < 1.29 is 9.53 Å². The van der Waals surface area contributed by atoms with Crippen LogP contribution in [-0.4, -0.2) is 39.8 Å². The van der Waals surface area contributed by atoms with Gasteiger partial charge < -0.3 is 15.4 Å². The van der Waals surface area contributed by atoms with E-state index in [4.69, 9.17) is 4.74 Å². The van der Waals surface area contributed by atoms with Gasteiger partial charge in [0, 0.05) is 54.5 Å². The van der Waals surface area contributed by atoms with Gasteiger partial charge in [-0.15, -0.1) is 0 Å². The number of hydrogen-bond donors (Lipinski definition) is 2. The Bertz CT molecular complexity index is 1320. The molecular formula is C27H29N5O2. The highest BCUT2D eigenvalue weighted by atomic mass is 16.5. The lowest BCUT2D eigenvalue weighted by Crippen LogP contribution is -2.37. The average Bonchev–Trinajstić information content (AvgIpc) is 3.52. The zero-order chi connectivity index (χ0) is 23.5. The Labute approximate surface area is 199 Å². The second-order valence-corrected chi connectivity index (χ2v) is 8.70. The molecule has 3 heterocycles. The summed E-state index contributed by atoms with van der Waals surface area (Å²) in [6, 6.07) is 16.0. The molecule has 2 N–H and O–H groups in total. The van der Waals surface area contributed by atoms with Gasteiger partial charge in [0.2, 0.25) is 0 Å². The molecule has 1 saturated heterocycles. The summed E-state index contributed by atoms with van der Waals surface area (Å²) < 4.78 is 7.95. The fourth-order valence-electron chi connectivity index (χ4n) is 4.47. The number of rotatable bonds is 7. The minimum atomic E-state index is -0.0206. The number of carbonyl (C=O) groups excluding carboxylic acids is 1. The summed E-state index contributed by atoms with van der Waals surface area (Å²) >= 11 is 0. The molecule has 0 saturated carbocycles. The highest BCUT2D eigenvalue weighted by Crippen LogP contribution is 2.29. The largest absolute Gasteiger partial charge is 0.457 e. The maximum Gasteiger partial charge on any atom is 0.251 e. The standard InChI is InChI=1S/C27H29N5O2/c1-3-18-13-19(7-9-24(18)27(33)30-17-21-5-4-11-28-21)25-14-23(10-12-29-25)34-22-8-6-20-16-31-32(2)26(20)15-22/h6-10,12-16,21,28H,3-5,11,17H2,1-2H3,(H,30,33). The van der Waals surface area contributed by atoms with Crippen molar-refractivity contribution in [3.05, 3.63) is 72.1 Å². The number of aromatic nitrogens is 3. The van der Waals surface area contributed by atoms with Crippen LogP contribution in [-0.2, 0) is 13.5 Å². The predicted octanol–water partition coefficient (Wildman–Crippen LogP) is 4.47. The average molecular weight is 456 g/mol. The van der Waals surface area contributed by atoms with E-state index in [0.29, 0.717) is 18.3 Å². The number of pyridine rings is 1. The van der Waals surface area contributed by atoms with Crippen LogP contribution < -0.4 is 15.4 Å². The molecule has 2 aromatic carbocycles. The monoisotopic (exact) mass is 455 g/mol. The van der Waals surface area contributed by atoms with Gasteiger partial charge in [-0.05, 0) is 61.7 Å². The summed E-state index contributed by atoms with van der Waals surface area (Å²) in [5.41, 5.74) is 4.50. The fraction of sp³-hybridized carbons (Fsp3) is 0.296. The minimum Gasteiger partial charge on any atom is -0.457 e. The van der Waals surface area contributed by atoms with E-state index in [1.54, 1.807) is 6.20 Å². The third kappa shape index (κ3) is 4.65. The molecule has 34 heavy (non-hydrogen) atoms. The SMILES string of the molecule is CCc1cc(-c2cc(Oc3ccc4cnn(C)c4c3)ccn2)ccc1C(=O)NCC1CCCN1. The number of nitrogens with zero attached hydrogens (tertiary/aromatic N) is 3. The molecule has 0 radical (unpaired) electrons. The molecule has 174 valence electrons. The van der Waals surface area contributed by atoms with Crippen molar-refractivity contribution in [3.8, 4) is 22.8 Å². The van der Waals surface area contributed by atoms with Gasteiger partial charge in [0.15, 0.2) is 0 Å². The van der Waals surface area contributed by atoms with E-state index in [9.17, 15) is 4.79 Å². The van der Waals surface area contributed by atoms with Crippen molar-refractivity contribution in [2.45, 2.75) is 32.2 Å². The highest BCUT2D eigenvalue weighted by molar-refractivity contribution is 5.96. The first-order valence-corrected chi connectivity index (χ1v) is 11.8. The van der Waals surface area contributed by atoms with Crippen LogP contribution in [0.2, 0.25) is 0 Å². The van der Waals surface area contributed by atoms with Gasteiger partial charge in [-0.3, -0.25) is 14.5 Å². The third-order valence-electron chi connectivity index (χ3n) is 6.39. The number of aryl methyl sites for hydroxylation is 2. The molecule has 1 atom stereocenters. The number of hydrogen-bond acceptors (Lipinski definition) is 5. The zero-order valence-corrected chi connectivity index (χ0v) is 19.5. The number of amides is 1.